The molecule has 2 heteroatoms. The first-order valence-electron chi connectivity index (χ1n) is 7.63. The zero-order valence-electron chi connectivity index (χ0n) is 12.5. The molecule has 1 N–H and O–H groups in total. The van der Waals surface area contributed by atoms with Crippen LogP contribution in [0.15, 0.2) is 24.5 Å². The van der Waals surface area contributed by atoms with Crippen LogP contribution in [0.25, 0.3) is 0 Å². The van der Waals surface area contributed by atoms with E-state index in [-0.39, 0.29) is 17.4 Å². The van der Waals surface area contributed by atoms with E-state index in [9.17, 15) is 5.11 Å². The molecule has 2 unspecified atom stereocenters. The minimum absolute atomic E-state index is 0.136. The summed E-state index contributed by atoms with van der Waals surface area (Å²) in [5, 5.41) is 10.9. The highest BCUT2D eigenvalue weighted by atomic mass is 16.3. The Balaban J connectivity index is 2.17. The Labute approximate surface area is 117 Å². The second-order valence-corrected chi connectivity index (χ2v) is 6.68. The number of nitrogens with zero attached hydrogens (tertiary/aromatic N) is 1. The van der Waals surface area contributed by atoms with Crippen LogP contribution in [0.1, 0.15) is 64.4 Å². The van der Waals surface area contributed by atoms with Crippen molar-refractivity contribution in [2.75, 3.05) is 0 Å². The average molecular weight is 261 g/mol. The molecule has 1 aromatic rings. The lowest BCUT2D eigenvalue weighted by Gasteiger charge is -2.39. The SMILES string of the molecule is CC(C)CC1(C(O)C(C)c2ccncc2)CCCC1. The fraction of sp³-hybridized carbons (Fsp3) is 0.706. The highest BCUT2D eigenvalue weighted by Gasteiger charge is 2.43. The van der Waals surface area contributed by atoms with Crippen LogP contribution in [-0.4, -0.2) is 16.2 Å². The Morgan fingerprint density at radius 3 is 2.26 bits per heavy atom. The minimum atomic E-state index is -0.236. The van der Waals surface area contributed by atoms with Gasteiger partial charge in [-0.1, -0.05) is 33.6 Å². The van der Waals surface area contributed by atoms with Crippen molar-refractivity contribution in [3.05, 3.63) is 30.1 Å². The van der Waals surface area contributed by atoms with Crippen LogP contribution in [0.3, 0.4) is 0 Å². The average Bonchev–Trinajstić information content (AvgIpc) is 2.87. The topological polar surface area (TPSA) is 33.1 Å². The zero-order valence-corrected chi connectivity index (χ0v) is 12.5. The standard InChI is InChI=1S/C17H27NO/c1-13(2)12-17(8-4-5-9-17)16(19)14(3)15-6-10-18-11-7-15/h6-7,10-11,13-14,16,19H,4-5,8-9,12H2,1-3H3. The monoisotopic (exact) mass is 261 g/mol. The number of rotatable bonds is 5. The molecule has 2 nitrogen and oxygen atoms in total. The van der Waals surface area contributed by atoms with E-state index < -0.39 is 0 Å². The van der Waals surface area contributed by atoms with Crippen molar-refractivity contribution in [2.45, 2.75) is 64.9 Å². The van der Waals surface area contributed by atoms with Crippen molar-refractivity contribution < 1.29 is 5.11 Å². The van der Waals surface area contributed by atoms with Gasteiger partial charge in [-0.2, -0.15) is 0 Å². The van der Waals surface area contributed by atoms with Crippen LogP contribution >= 0.6 is 0 Å². The van der Waals surface area contributed by atoms with Gasteiger partial charge < -0.3 is 5.11 Å². The maximum atomic E-state index is 10.9. The molecule has 106 valence electrons. The number of aromatic nitrogens is 1. The predicted octanol–water partition coefficient (Wildman–Crippen LogP) is 4.15. The summed E-state index contributed by atoms with van der Waals surface area (Å²) in [6.45, 7) is 6.69. The van der Waals surface area contributed by atoms with E-state index in [0.717, 1.165) is 6.42 Å². The predicted molar refractivity (Wildman–Crippen MR) is 79.0 cm³/mol. The van der Waals surface area contributed by atoms with Gasteiger partial charge in [-0.05, 0) is 48.3 Å². The molecule has 2 rings (SSSR count). The molecule has 19 heavy (non-hydrogen) atoms. The Morgan fingerprint density at radius 1 is 1.16 bits per heavy atom. The molecule has 1 aliphatic rings. The molecular weight excluding hydrogens is 234 g/mol. The second-order valence-electron chi connectivity index (χ2n) is 6.68. The van der Waals surface area contributed by atoms with Crippen LogP contribution < -0.4 is 0 Å². The molecule has 0 aromatic carbocycles. The highest BCUT2D eigenvalue weighted by molar-refractivity contribution is 5.18. The number of pyridine rings is 1. The summed E-state index contributed by atoms with van der Waals surface area (Å²) in [6, 6.07) is 4.07. The van der Waals surface area contributed by atoms with E-state index in [2.05, 4.69) is 25.8 Å². The zero-order chi connectivity index (χ0) is 13.9. The van der Waals surface area contributed by atoms with Gasteiger partial charge in [0.1, 0.15) is 0 Å². The van der Waals surface area contributed by atoms with Crippen molar-refractivity contribution in [3.8, 4) is 0 Å². The number of aliphatic hydroxyl groups is 1. The molecule has 1 saturated carbocycles. The molecule has 0 bridgehead atoms. The lowest BCUT2D eigenvalue weighted by Crippen LogP contribution is -2.37. The van der Waals surface area contributed by atoms with Crippen LogP contribution in [0.4, 0.5) is 0 Å². The maximum absolute atomic E-state index is 10.9. The molecule has 0 spiro atoms. The summed E-state index contributed by atoms with van der Waals surface area (Å²) in [5.41, 5.74) is 1.34. The fourth-order valence-corrected chi connectivity index (χ4v) is 3.89. The summed E-state index contributed by atoms with van der Waals surface area (Å²) in [5.74, 6) is 0.845. The molecular formula is C17H27NO. The van der Waals surface area contributed by atoms with E-state index in [0.29, 0.717) is 5.92 Å². The lowest BCUT2D eigenvalue weighted by atomic mass is 9.69. The maximum Gasteiger partial charge on any atom is 0.0662 e. The van der Waals surface area contributed by atoms with E-state index in [1.54, 1.807) is 0 Å². The smallest absolute Gasteiger partial charge is 0.0662 e. The number of aliphatic hydroxyl groups excluding tert-OH is 1. The number of hydrogen-bond acceptors (Lipinski definition) is 2. The molecule has 1 heterocycles. The fourth-order valence-electron chi connectivity index (χ4n) is 3.89. The van der Waals surface area contributed by atoms with Crippen molar-refractivity contribution in [1.29, 1.82) is 0 Å². The summed E-state index contributed by atoms with van der Waals surface area (Å²) in [6.07, 6.45) is 9.46. The quantitative estimate of drug-likeness (QED) is 0.863. The van der Waals surface area contributed by atoms with Gasteiger partial charge in [-0.25, -0.2) is 0 Å². The number of hydrogen-bond donors (Lipinski definition) is 1. The van der Waals surface area contributed by atoms with Crippen LogP contribution in [0, 0.1) is 11.3 Å². The largest absolute Gasteiger partial charge is 0.392 e. The van der Waals surface area contributed by atoms with Crippen molar-refractivity contribution >= 4 is 0 Å². The molecule has 1 aromatic heterocycles. The van der Waals surface area contributed by atoms with Gasteiger partial charge in [0, 0.05) is 18.3 Å². The van der Waals surface area contributed by atoms with Gasteiger partial charge in [0.25, 0.3) is 0 Å². The van der Waals surface area contributed by atoms with Crippen LogP contribution in [0.5, 0.6) is 0 Å². The van der Waals surface area contributed by atoms with Crippen LogP contribution in [0.2, 0.25) is 0 Å². The van der Waals surface area contributed by atoms with Crippen LogP contribution in [-0.2, 0) is 0 Å². The normalized spacial score (nSPS) is 21.5. The molecule has 0 saturated heterocycles. The lowest BCUT2D eigenvalue weighted by molar-refractivity contribution is -0.00300. The van der Waals surface area contributed by atoms with Gasteiger partial charge >= 0.3 is 0 Å². The Hall–Kier alpha value is -0.890. The van der Waals surface area contributed by atoms with E-state index in [1.807, 2.05) is 24.5 Å². The summed E-state index contributed by atoms with van der Waals surface area (Å²) >= 11 is 0. The third-order valence-corrected chi connectivity index (χ3v) is 4.75. The Bertz CT molecular complexity index is 382. The molecule has 0 amide bonds. The van der Waals surface area contributed by atoms with Gasteiger partial charge in [-0.15, -0.1) is 0 Å². The molecule has 0 aliphatic heterocycles. The van der Waals surface area contributed by atoms with E-state index in [1.165, 1.54) is 31.2 Å². The summed E-state index contributed by atoms with van der Waals surface area (Å²) in [4.78, 5) is 4.07. The third kappa shape index (κ3) is 3.17. The summed E-state index contributed by atoms with van der Waals surface area (Å²) in [7, 11) is 0. The van der Waals surface area contributed by atoms with Crippen molar-refractivity contribution in [1.82, 2.24) is 4.98 Å². The summed E-state index contributed by atoms with van der Waals surface area (Å²) < 4.78 is 0. The van der Waals surface area contributed by atoms with Gasteiger partial charge in [-0.3, -0.25) is 4.98 Å². The molecule has 1 aliphatic carbocycles. The first kappa shape index (κ1) is 14.5. The molecule has 1 fully saturated rings. The van der Waals surface area contributed by atoms with E-state index in [4.69, 9.17) is 0 Å². The van der Waals surface area contributed by atoms with Crippen molar-refractivity contribution in [3.63, 3.8) is 0 Å². The third-order valence-electron chi connectivity index (χ3n) is 4.75. The molecule has 2 atom stereocenters. The first-order chi connectivity index (χ1) is 9.05. The Morgan fingerprint density at radius 2 is 1.74 bits per heavy atom. The second kappa shape index (κ2) is 6.04. The first-order valence-corrected chi connectivity index (χ1v) is 7.63. The van der Waals surface area contributed by atoms with Gasteiger partial charge in [0.05, 0.1) is 6.10 Å². The van der Waals surface area contributed by atoms with E-state index >= 15 is 0 Å². The van der Waals surface area contributed by atoms with Crippen molar-refractivity contribution in [2.24, 2.45) is 11.3 Å². The minimum Gasteiger partial charge on any atom is -0.392 e. The Kier molecular flexibility index (Phi) is 4.62. The van der Waals surface area contributed by atoms with Gasteiger partial charge in [0.2, 0.25) is 0 Å². The van der Waals surface area contributed by atoms with Gasteiger partial charge in [0.15, 0.2) is 0 Å². The molecule has 0 radical (unpaired) electrons. The highest BCUT2D eigenvalue weighted by Crippen LogP contribution is 2.49.